The summed E-state index contributed by atoms with van der Waals surface area (Å²) in [4.78, 5) is 16.2. The zero-order chi connectivity index (χ0) is 13.7. The number of aromatic nitrogens is 1. The number of rotatable bonds is 5. The van der Waals surface area contributed by atoms with Crippen molar-refractivity contribution in [3.63, 3.8) is 0 Å². The Morgan fingerprint density at radius 1 is 1.26 bits per heavy atom. The molecule has 2 aromatic rings. The Bertz CT molecular complexity index is 561. The standard InChI is InChI=1S/C15H19N3O/c1-11(2)16-10-8-14(19)18-13-7-3-5-12-6-4-9-17-15(12)13/h3-7,9,11,16H,8,10H2,1-2H3,(H,18,19). The molecule has 4 heteroatoms. The molecular weight excluding hydrogens is 238 g/mol. The van der Waals surface area contributed by atoms with E-state index in [0.717, 1.165) is 16.6 Å². The van der Waals surface area contributed by atoms with Gasteiger partial charge in [-0.3, -0.25) is 9.78 Å². The molecular formula is C15H19N3O. The lowest BCUT2D eigenvalue weighted by molar-refractivity contribution is -0.116. The summed E-state index contributed by atoms with van der Waals surface area (Å²) in [6.45, 7) is 4.81. The summed E-state index contributed by atoms with van der Waals surface area (Å²) in [5, 5.41) is 7.17. The number of benzene rings is 1. The van der Waals surface area contributed by atoms with Crippen molar-refractivity contribution < 1.29 is 4.79 Å². The fourth-order valence-electron chi connectivity index (χ4n) is 1.89. The van der Waals surface area contributed by atoms with Crippen LogP contribution < -0.4 is 10.6 Å². The van der Waals surface area contributed by atoms with Crippen molar-refractivity contribution in [2.24, 2.45) is 0 Å². The number of carbonyl (C=O) groups excluding carboxylic acids is 1. The van der Waals surface area contributed by atoms with Crippen LogP contribution in [0.1, 0.15) is 20.3 Å². The summed E-state index contributed by atoms with van der Waals surface area (Å²) in [5.74, 6) is 0.00584. The van der Waals surface area contributed by atoms with E-state index >= 15 is 0 Å². The Morgan fingerprint density at radius 3 is 2.84 bits per heavy atom. The number of carbonyl (C=O) groups is 1. The van der Waals surface area contributed by atoms with Gasteiger partial charge in [-0.05, 0) is 12.1 Å². The molecule has 4 nitrogen and oxygen atoms in total. The number of anilines is 1. The molecule has 0 aliphatic carbocycles. The van der Waals surface area contributed by atoms with Crippen molar-refractivity contribution in [1.82, 2.24) is 10.3 Å². The van der Waals surface area contributed by atoms with Crippen molar-refractivity contribution in [3.8, 4) is 0 Å². The van der Waals surface area contributed by atoms with Crippen molar-refractivity contribution in [3.05, 3.63) is 36.5 Å². The molecule has 0 bridgehead atoms. The molecule has 0 saturated heterocycles. The highest BCUT2D eigenvalue weighted by molar-refractivity contribution is 6.00. The number of amides is 1. The summed E-state index contributed by atoms with van der Waals surface area (Å²) in [6.07, 6.45) is 2.19. The summed E-state index contributed by atoms with van der Waals surface area (Å²) in [5.41, 5.74) is 1.60. The average molecular weight is 257 g/mol. The number of hydrogen-bond acceptors (Lipinski definition) is 3. The highest BCUT2D eigenvalue weighted by Crippen LogP contribution is 2.20. The summed E-state index contributed by atoms with van der Waals surface area (Å²) in [6, 6.07) is 10.1. The van der Waals surface area contributed by atoms with Crippen molar-refractivity contribution in [1.29, 1.82) is 0 Å². The first-order valence-corrected chi connectivity index (χ1v) is 6.54. The number of para-hydroxylation sites is 1. The maximum atomic E-state index is 11.9. The monoisotopic (exact) mass is 257 g/mol. The van der Waals surface area contributed by atoms with Crippen molar-refractivity contribution in [2.75, 3.05) is 11.9 Å². The van der Waals surface area contributed by atoms with E-state index in [9.17, 15) is 4.79 Å². The zero-order valence-corrected chi connectivity index (χ0v) is 11.3. The lowest BCUT2D eigenvalue weighted by atomic mass is 10.2. The van der Waals surface area contributed by atoms with Crippen LogP contribution in [0.4, 0.5) is 5.69 Å². The molecule has 0 fully saturated rings. The first kappa shape index (κ1) is 13.5. The lowest BCUT2D eigenvalue weighted by Crippen LogP contribution is -2.27. The van der Waals surface area contributed by atoms with Crippen molar-refractivity contribution in [2.45, 2.75) is 26.3 Å². The predicted octanol–water partition coefficient (Wildman–Crippen LogP) is 2.56. The van der Waals surface area contributed by atoms with Gasteiger partial charge in [-0.15, -0.1) is 0 Å². The molecule has 2 rings (SSSR count). The van der Waals surface area contributed by atoms with Crippen LogP contribution in [-0.2, 0) is 4.79 Å². The third-order valence-electron chi connectivity index (χ3n) is 2.81. The second-order valence-corrected chi connectivity index (χ2v) is 4.79. The first-order chi connectivity index (χ1) is 9.16. The van der Waals surface area contributed by atoms with E-state index in [1.807, 2.05) is 30.3 Å². The molecule has 0 aliphatic heterocycles. The first-order valence-electron chi connectivity index (χ1n) is 6.54. The van der Waals surface area contributed by atoms with Gasteiger partial charge in [-0.25, -0.2) is 0 Å². The van der Waals surface area contributed by atoms with Gasteiger partial charge in [0.15, 0.2) is 0 Å². The topological polar surface area (TPSA) is 54.0 Å². The molecule has 1 heterocycles. The van der Waals surface area contributed by atoms with Gasteiger partial charge < -0.3 is 10.6 Å². The van der Waals surface area contributed by atoms with Crippen LogP contribution in [0.5, 0.6) is 0 Å². The minimum absolute atomic E-state index is 0.00584. The largest absolute Gasteiger partial charge is 0.324 e. The van der Waals surface area contributed by atoms with Crippen LogP contribution in [-0.4, -0.2) is 23.5 Å². The van der Waals surface area contributed by atoms with Gasteiger partial charge in [-0.1, -0.05) is 32.0 Å². The maximum absolute atomic E-state index is 11.9. The van der Waals surface area contributed by atoms with Gasteiger partial charge in [0.25, 0.3) is 0 Å². The third kappa shape index (κ3) is 3.76. The normalized spacial score (nSPS) is 10.9. The number of nitrogens with zero attached hydrogens (tertiary/aromatic N) is 1. The minimum atomic E-state index is 0.00584. The smallest absolute Gasteiger partial charge is 0.225 e. The Kier molecular flexibility index (Phi) is 4.47. The average Bonchev–Trinajstić information content (AvgIpc) is 2.39. The number of nitrogens with one attached hydrogen (secondary N) is 2. The minimum Gasteiger partial charge on any atom is -0.324 e. The highest BCUT2D eigenvalue weighted by atomic mass is 16.1. The van der Waals surface area contributed by atoms with Gasteiger partial charge in [-0.2, -0.15) is 0 Å². The molecule has 2 N–H and O–H groups in total. The van der Waals surface area contributed by atoms with Crippen LogP contribution >= 0.6 is 0 Å². The second kappa shape index (κ2) is 6.29. The van der Waals surface area contributed by atoms with Crippen LogP contribution in [0.15, 0.2) is 36.5 Å². The lowest BCUT2D eigenvalue weighted by Gasteiger charge is -2.09. The highest BCUT2D eigenvalue weighted by Gasteiger charge is 2.06. The molecule has 19 heavy (non-hydrogen) atoms. The number of pyridine rings is 1. The fourth-order valence-corrected chi connectivity index (χ4v) is 1.89. The number of fused-ring (bicyclic) bond motifs is 1. The van der Waals surface area contributed by atoms with Crippen LogP contribution in [0.2, 0.25) is 0 Å². The third-order valence-corrected chi connectivity index (χ3v) is 2.81. The predicted molar refractivity (Wildman–Crippen MR) is 78.1 cm³/mol. The molecule has 1 aromatic carbocycles. The molecule has 0 radical (unpaired) electrons. The van der Waals surface area contributed by atoms with E-state index in [0.29, 0.717) is 19.0 Å². The van der Waals surface area contributed by atoms with E-state index in [1.165, 1.54) is 0 Å². The molecule has 0 saturated carbocycles. The van der Waals surface area contributed by atoms with Crippen LogP contribution in [0.3, 0.4) is 0 Å². The zero-order valence-electron chi connectivity index (χ0n) is 11.3. The molecule has 0 spiro atoms. The summed E-state index contributed by atoms with van der Waals surface area (Å²) < 4.78 is 0. The Labute approximate surface area is 113 Å². The Balaban J connectivity index is 2.03. The summed E-state index contributed by atoms with van der Waals surface area (Å²) >= 11 is 0. The van der Waals surface area contributed by atoms with Gasteiger partial charge >= 0.3 is 0 Å². The molecule has 0 unspecified atom stereocenters. The molecule has 100 valence electrons. The van der Waals surface area contributed by atoms with Gasteiger partial charge in [0, 0.05) is 30.6 Å². The van der Waals surface area contributed by atoms with E-state index in [2.05, 4.69) is 29.5 Å². The van der Waals surface area contributed by atoms with Gasteiger partial charge in [0.05, 0.1) is 11.2 Å². The fraction of sp³-hybridized carbons (Fsp3) is 0.333. The SMILES string of the molecule is CC(C)NCCC(=O)Nc1cccc2cccnc12. The van der Waals surface area contributed by atoms with Crippen LogP contribution in [0, 0.1) is 0 Å². The second-order valence-electron chi connectivity index (χ2n) is 4.79. The van der Waals surface area contributed by atoms with Crippen LogP contribution in [0.25, 0.3) is 10.9 Å². The molecule has 1 aromatic heterocycles. The summed E-state index contributed by atoms with van der Waals surface area (Å²) in [7, 11) is 0. The van der Waals surface area contributed by atoms with E-state index in [-0.39, 0.29) is 5.91 Å². The number of hydrogen-bond donors (Lipinski definition) is 2. The van der Waals surface area contributed by atoms with E-state index in [1.54, 1.807) is 6.20 Å². The molecule has 1 amide bonds. The quantitative estimate of drug-likeness (QED) is 0.865. The van der Waals surface area contributed by atoms with Gasteiger partial charge in [0.2, 0.25) is 5.91 Å². The van der Waals surface area contributed by atoms with E-state index < -0.39 is 0 Å². The Morgan fingerprint density at radius 2 is 2.05 bits per heavy atom. The maximum Gasteiger partial charge on any atom is 0.225 e. The molecule has 0 atom stereocenters. The molecule has 0 aliphatic rings. The van der Waals surface area contributed by atoms with Gasteiger partial charge in [0.1, 0.15) is 0 Å². The Hall–Kier alpha value is -1.94. The van der Waals surface area contributed by atoms with E-state index in [4.69, 9.17) is 0 Å². The van der Waals surface area contributed by atoms with Crippen molar-refractivity contribution >= 4 is 22.5 Å².